The molecule has 1 aliphatic rings. The predicted octanol–water partition coefficient (Wildman–Crippen LogP) is 2.13. The van der Waals surface area contributed by atoms with Gasteiger partial charge in [0.2, 0.25) is 5.91 Å². The molecular formula is C18H22N2O2S. The van der Waals surface area contributed by atoms with Gasteiger partial charge in [-0.3, -0.25) is 9.69 Å². The molecule has 122 valence electrons. The SMILES string of the molecule is O=C(CN(CCO)Cc1ccccc1)N1CCc2sccc2C1. The largest absolute Gasteiger partial charge is 0.395 e. The van der Waals surface area contributed by atoms with Gasteiger partial charge in [-0.1, -0.05) is 30.3 Å². The summed E-state index contributed by atoms with van der Waals surface area (Å²) in [5, 5.41) is 11.4. The lowest BCUT2D eigenvalue weighted by molar-refractivity contribution is -0.133. The summed E-state index contributed by atoms with van der Waals surface area (Å²) in [6.07, 6.45) is 0.956. The van der Waals surface area contributed by atoms with Crippen LogP contribution in [-0.2, 0) is 24.3 Å². The molecular weight excluding hydrogens is 308 g/mol. The van der Waals surface area contributed by atoms with Crippen molar-refractivity contribution < 1.29 is 9.90 Å². The maximum Gasteiger partial charge on any atom is 0.237 e. The van der Waals surface area contributed by atoms with Crippen LogP contribution in [0, 0.1) is 0 Å². The maximum absolute atomic E-state index is 12.6. The van der Waals surface area contributed by atoms with E-state index in [-0.39, 0.29) is 12.5 Å². The number of hydrogen-bond donors (Lipinski definition) is 1. The number of carbonyl (C=O) groups is 1. The molecule has 1 aliphatic heterocycles. The van der Waals surface area contributed by atoms with Crippen LogP contribution in [0.4, 0.5) is 0 Å². The van der Waals surface area contributed by atoms with Gasteiger partial charge in [0.25, 0.3) is 0 Å². The average molecular weight is 330 g/mol. The summed E-state index contributed by atoms with van der Waals surface area (Å²) >= 11 is 1.78. The summed E-state index contributed by atoms with van der Waals surface area (Å²) in [6, 6.07) is 12.2. The molecule has 0 saturated carbocycles. The smallest absolute Gasteiger partial charge is 0.237 e. The first-order chi connectivity index (χ1) is 11.3. The molecule has 0 radical (unpaired) electrons. The Morgan fingerprint density at radius 3 is 2.87 bits per heavy atom. The summed E-state index contributed by atoms with van der Waals surface area (Å²) in [5.74, 6) is 0.145. The van der Waals surface area contributed by atoms with E-state index in [1.54, 1.807) is 11.3 Å². The number of nitrogens with zero attached hydrogens (tertiary/aromatic N) is 2. The highest BCUT2D eigenvalue weighted by Crippen LogP contribution is 2.24. The molecule has 23 heavy (non-hydrogen) atoms. The van der Waals surface area contributed by atoms with Crippen LogP contribution in [-0.4, -0.2) is 47.1 Å². The first kappa shape index (κ1) is 16.2. The van der Waals surface area contributed by atoms with E-state index < -0.39 is 0 Å². The quantitative estimate of drug-likeness (QED) is 0.882. The summed E-state index contributed by atoms with van der Waals surface area (Å²) < 4.78 is 0. The van der Waals surface area contributed by atoms with Gasteiger partial charge in [0.1, 0.15) is 0 Å². The van der Waals surface area contributed by atoms with E-state index in [1.165, 1.54) is 10.4 Å². The van der Waals surface area contributed by atoms with Gasteiger partial charge in [-0.2, -0.15) is 0 Å². The lowest BCUT2D eigenvalue weighted by Crippen LogP contribution is -2.43. The Kier molecular flexibility index (Phi) is 5.43. The average Bonchev–Trinajstić information content (AvgIpc) is 3.03. The normalized spacial score (nSPS) is 14.1. The molecule has 5 heteroatoms. The van der Waals surface area contributed by atoms with Gasteiger partial charge < -0.3 is 10.0 Å². The highest BCUT2D eigenvalue weighted by atomic mass is 32.1. The van der Waals surface area contributed by atoms with E-state index in [2.05, 4.69) is 11.4 Å². The molecule has 0 spiro atoms. The molecule has 2 aromatic rings. The highest BCUT2D eigenvalue weighted by molar-refractivity contribution is 7.10. The Bertz CT molecular complexity index is 641. The molecule has 2 heterocycles. The minimum Gasteiger partial charge on any atom is -0.395 e. The Labute approximate surface area is 141 Å². The third kappa shape index (κ3) is 4.19. The fourth-order valence-corrected chi connectivity index (χ4v) is 3.84. The summed E-state index contributed by atoms with van der Waals surface area (Å²) in [7, 11) is 0. The van der Waals surface area contributed by atoms with Crippen LogP contribution in [0.5, 0.6) is 0 Å². The van der Waals surface area contributed by atoms with Crippen molar-refractivity contribution in [3.05, 3.63) is 57.8 Å². The second kappa shape index (κ2) is 7.73. The van der Waals surface area contributed by atoms with Crippen LogP contribution in [0.3, 0.4) is 0 Å². The van der Waals surface area contributed by atoms with E-state index in [0.717, 1.165) is 25.1 Å². The van der Waals surface area contributed by atoms with Crippen molar-refractivity contribution in [1.82, 2.24) is 9.80 Å². The second-order valence-corrected chi connectivity index (χ2v) is 6.85. The van der Waals surface area contributed by atoms with Crippen molar-refractivity contribution in [2.24, 2.45) is 0 Å². The second-order valence-electron chi connectivity index (χ2n) is 5.85. The maximum atomic E-state index is 12.6. The Balaban J connectivity index is 1.60. The fourth-order valence-electron chi connectivity index (χ4n) is 2.95. The monoisotopic (exact) mass is 330 g/mol. The van der Waals surface area contributed by atoms with Crippen LogP contribution in [0.15, 0.2) is 41.8 Å². The van der Waals surface area contributed by atoms with E-state index in [1.807, 2.05) is 40.1 Å². The number of amides is 1. The number of fused-ring (bicyclic) bond motifs is 1. The predicted molar refractivity (Wildman–Crippen MR) is 92.2 cm³/mol. The first-order valence-corrected chi connectivity index (χ1v) is 8.84. The number of rotatable bonds is 6. The van der Waals surface area contributed by atoms with Crippen molar-refractivity contribution in [2.45, 2.75) is 19.5 Å². The minimum absolute atomic E-state index is 0.0643. The molecule has 0 aliphatic carbocycles. The molecule has 0 bridgehead atoms. The van der Waals surface area contributed by atoms with E-state index in [9.17, 15) is 9.90 Å². The molecule has 0 saturated heterocycles. The number of aliphatic hydroxyl groups excluding tert-OH is 1. The number of aliphatic hydroxyl groups is 1. The third-order valence-electron chi connectivity index (χ3n) is 4.18. The molecule has 0 fully saturated rings. The number of benzene rings is 1. The molecule has 1 amide bonds. The van der Waals surface area contributed by atoms with Gasteiger partial charge in [-0.15, -0.1) is 11.3 Å². The van der Waals surface area contributed by atoms with Gasteiger partial charge in [0.05, 0.1) is 13.2 Å². The molecule has 0 atom stereocenters. The zero-order valence-corrected chi connectivity index (χ0v) is 14.0. The molecule has 1 aromatic carbocycles. The van der Waals surface area contributed by atoms with Gasteiger partial charge in [-0.25, -0.2) is 0 Å². The zero-order chi connectivity index (χ0) is 16.1. The van der Waals surface area contributed by atoms with E-state index in [4.69, 9.17) is 0 Å². The number of hydrogen-bond acceptors (Lipinski definition) is 4. The molecule has 3 rings (SSSR count). The van der Waals surface area contributed by atoms with Crippen molar-refractivity contribution in [2.75, 3.05) is 26.2 Å². The van der Waals surface area contributed by atoms with Gasteiger partial charge in [-0.05, 0) is 29.0 Å². The standard InChI is InChI=1S/C18H22N2O2S/c21-10-9-19(12-15-4-2-1-3-5-15)14-18(22)20-8-6-17-16(13-20)7-11-23-17/h1-5,7,11,21H,6,8-10,12-14H2. The fraction of sp³-hybridized carbons (Fsp3) is 0.389. The van der Waals surface area contributed by atoms with Crippen molar-refractivity contribution in [3.63, 3.8) is 0 Å². The Morgan fingerprint density at radius 1 is 1.26 bits per heavy atom. The van der Waals surface area contributed by atoms with Gasteiger partial charge in [0, 0.05) is 31.1 Å². The molecule has 1 aromatic heterocycles. The van der Waals surface area contributed by atoms with Crippen LogP contribution < -0.4 is 0 Å². The van der Waals surface area contributed by atoms with E-state index >= 15 is 0 Å². The van der Waals surface area contributed by atoms with Crippen LogP contribution >= 0.6 is 11.3 Å². The number of thiophene rings is 1. The Morgan fingerprint density at radius 2 is 2.09 bits per heavy atom. The number of carbonyl (C=O) groups excluding carboxylic acids is 1. The first-order valence-electron chi connectivity index (χ1n) is 7.96. The van der Waals surface area contributed by atoms with Crippen molar-refractivity contribution >= 4 is 17.2 Å². The lowest BCUT2D eigenvalue weighted by atomic mass is 10.1. The topological polar surface area (TPSA) is 43.8 Å². The summed E-state index contributed by atoms with van der Waals surface area (Å²) in [6.45, 7) is 3.13. The summed E-state index contributed by atoms with van der Waals surface area (Å²) in [4.78, 5) is 18.0. The van der Waals surface area contributed by atoms with Crippen molar-refractivity contribution in [1.29, 1.82) is 0 Å². The zero-order valence-electron chi connectivity index (χ0n) is 13.1. The van der Waals surface area contributed by atoms with Crippen LogP contribution in [0.1, 0.15) is 16.0 Å². The third-order valence-corrected chi connectivity index (χ3v) is 5.21. The van der Waals surface area contributed by atoms with Crippen LogP contribution in [0.2, 0.25) is 0 Å². The Hall–Kier alpha value is -1.69. The molecule has 4 nitrogen and oxygen atoms in total. The molecule has 0 unspecified atom stereocenters. The van der Waals surface area contributed by atoms with Crippen molar-refractivity contribution in [3.8, 4) is 0 Å². The highest BCUT2D eigenvalue weighted by Gasteiger charge is 2.23. The summed E-state index contributed by atoms with van der Waals surface area (Å²) in [5.41, 5.74) is 2.44. The van der Waals surface area contributed by atoms with Gasteiger partial charge in [0.15, 0.2) is 0 Å². The van der Waals surface area contributed by atoms with Crippen LogP contribution in [0.25, 0.3) is 0 Å². The minimum atomic E-state index is 0.0643. The van der Waals surface area contributed by atoms with E-state index in [0.29, 0.717) is 19.6 Å². The molecule has 1 N–H and O–H groups in total. The lowest BCUT2D eigenvalue weighted by Gasteiger charge is -2.30. The van der Waals surface area contributed by atoms with Gasteiger partial charge >= 0.3 is 0 Å².